The second-order valence-electron chi connectivity index (χ2n) is 4.89. The highest BCUT2D eigenvalue weighted by Crippen LogP contribution is 2.38. The highest BCUT2D eigenvalue weighted by atomic mass is 16.5. The molecule has 0 aliphatic rings. The summed E-state index contributed by atoms with van der Waals surface area (Å²) in [6, 6.07) is 3.95. The summed E-state index contributed by atoms with van der Waals surface area (Å²) >= 11 is 0. The molecule has 0 bridgehead atoms. The Hall–Kier alpha value is -1.42. The van der Waals surface area contributed by atoms with Crippen molar-refractivity contribution in [2.24, 2.45) is 5.92 Å². The van der Waals surface area contributed by atoms with E-state index >= 15 is 0 Å². The van der Waals surface area contributed by atoms with Crippen molar-refractivity contribution in [3.8, 4) is 17.2 Å². The van der Waals surface area contributed by atoms with Gasteiger partial charge in [-0.1, -0.05) is 13.8 Å². The molecule has 0 saturated carbocycles. The van der Waals surface area contributed by atoms with Crippen LogP contribution in [0.2, 0.25) is 0 Å². The number of hydrogen-bond donors (Lipinski definition) is 1. The lowest BCUT2D eigenvalue weighted by atomic mass is 10.1. The summed E-state index contributed by atoms with van der Waals surface area (Å²) in [6.45, 7) is 6.25. The molecule has 0 amide bonds. The summed E-state index contributed by atoms with van der Waals surface area (Å²) in [5.41, 5.74) is 1.12. The van der Waals surface area contributed by atoms with Crippen LogP contribution in [0.25, 0.3) is 0 Å². The Morgan fingerprint density at radius 3 is 2.00 bits per heavy atom. The molecule has 1 aromatic carbocycles. The Balaban J connectivity index is 2.73. The Morgan fingerprint density at radius 1 is 1.00 bits per heavy atom. The SMILES string of the molecule is COc1cc(CNCCC(C)C)cc(OC)c1OC. The Kier molecular flexibility index (Phi) is 6.50. The predicted molar refractivity (Wildman–Crippen MR) is 77.3 cm³/mol. The summed E-state index contributed by atoms with van der Waals surface area (Å²) in [6.07, 6.45) is 1.17. The molecule has 19 heavy (non-hydrogen) atoms. The van der Waals surface area contributed by atoms with Crippen molar-refractivity contribution in [1.82, 2.24) is 5.32 Å². The lowest BCUT2D eigenvalue weighted by Gasteiger charge is -2.14. The maximum absolute atomic E-state index is 5.33. The van der Waals surface area contributed by atoms with Gasteiger partial charge in [0.05, 0.1) is 21.3 Å². The average Bonchev–Trinajstić information content (AvgIpc) is 2.42. The fraction of sp³-hybridized carbons (Fsp3) is 0.600. The van der Waals surface area contributed by atoms with Gasteiger partial charge in [0.2, 0.25) is 5.75 Å². The minimum atomic E-state index is 0.635. The van der Waals surface area contributed by atoms with Gasteiger partial charge in [0.25, 0.3) is 0 Å². The van der Waals surface area contributed by atoms with Crippen molar-refractivity contribution in [1.29, 1.82) is 0 Å². The average molecular weight is 267 g/mol. The van der Waals surface area contributed by atoms with Crippen LogP contribution in [0.1, 0.15) is 25.8 Å². The number of methoxy groups -OCH3 is 3. The molecular weight excluding hydrogens is 242 g/mol. The van der Waals surface area contributed by atoms with Gasteiger partial charge in [-0.3, -0.25) is 0 Å². The molecule has 1 rings (SSSR count). The molecular formula is C15H25NO3. The van der Waals surface area contributed by atoms with Crippen molar-refractivity contribution < 1.29 is 14.2 Å². The number of hydrogen-bond acceptors (Lipinski definition) is 4. The van der Waals surface area contributed by atoms with Gasteiger partial charge in [-0.25, -0.2) is 0 Å². The van der Waals surface area contributed by atoms with E-state index in [1.54, 1.807) is 21.3 Å². The van der Waals surface area contributed by atoms with Crippen molar-refractivity contribution in [2.75, 3.05) is 27.9 Å². The molecule has 108 valence electrons. The summed E-state index contributed by atoms with van der Waals surface area (Å²) in [5, 5.41) is 3.42. The third kappa shape index (κ3) is 4.63. The van der Waals surface area contributed by atoms with Crippen LogP contribution in [0, 0.1) is 5.92 Å². The lowest BCUT2D eigenvalue weighted by molar-refractivity contribution is 0.323. The second-order valence-corrected chi connectivity index (χ2v) is 4.89. The van der Waals surface area contributed by atoms with Crippen molar-refractivity contribution in [3.63, 3.8) is 0 Å². The molecule has 1 N–H and O–H groups in total. The normalized spacial score (nSPS) is 10.6. The molecule has 0 radical (unpaired) electrons. The molecule has 4 nitrogen and oxygen atoms in total. The van der Waals surface area contributed by atoms with Gasteiger partial charge >= 0.3 is 0 Å². The van der Waals surface area contributed by atoms with Crippen molar-refractivity contribution >= 4 is 0 Å². The van der Waals surface area contributed by atoms with E-state index in [1.165, 1.54) is 6.42 Å². The number of rotatable bonds is 8. The van der Waals surface area contributed by atoms with Crippen molar-refractivity contribution in [2.45, 2.75) is 26.8 Å². The zero-order valence-corrected chi connectivity index (χ0v) is 12.6. The molecule has 4 heteroatoms. The smallest absolute Gasteiger partial charge is 0.203 e. The minimum Gasteiger partial charge on any atom is -0.493 e. The first kappa shape index (κ1) is 15.6. The van der Waals surface area contributed by atoms with Gasteiger partial charge in [0.15, 0.2) is 11.5 Å². The highest BCUT2D eigenvalue weighted by Gasteiger charge is 2.12. The van der Waals surface area contributed by atoms with Crippen molar-refractivity contribution in [3.05, 3.63) is 17.7 Å². The lowest BCUT2D eigenvalue weighted by Crippen LogP contribution is -2.16. The van der Waals surface area contributed by atoms with Gasteiger partial charge in [-0.15, -0.1) is 0 Å². The van der Waals surface area contributed by atoms with E-state index in [0.29, 0.717) is 23.2 Å². The van der Waals surface area contributed by atoms with E-state index in [1.807, 2.05) is 12.1 Å². The molecule has 0 unspecified atom stereocenters. The number of ether oxygens (including phenoxy) is 3. The third-order valence-electron chi connectivity index (χ3n) is 2.95. The fourth-order valence-corrected chi connectivity index (χ4v) is 1.86. The summed E-state index contributed by atoms with van der Waals surface area (Å²) in [5.74, 6) is 2.74. The van der Waals surface area contributed by atoms with Gasteiger partial charge in [-0.05, 0) is 36.6 Å². The van der Waals surface area contributed by atoms with E-state index in [2.05, 4.69) is 19.2 Å². The second kappa shape index (κ2) is 7.89. The van der Waals surface area contributed by atoms with Gasteiger partial charge in [0, 0.05) is 6.54 Å². The van der Waals surface area contributed by atoms with E-state index in [9.17, 15) is 0 Å². The van der Waals surface area contributed by atoms with Crippen LogP contribution in [-0.2, 0) is 6.54 Å². The van der Waals surface area contributed by atoms with Crippen LogP contribution in [0.15, 0.2) is 12.1 Å². The molecule has 1 aromatic rings. The standard InChI is InChI=1S/C15H25NO3/c1-11(2)6-7-16-10-12-8-13(17-3)15(19-5)14(9-12)18-4/h8-9,11,16H,6-7,10H2,1-5H3. The van der Waals surface area contributed by atoms with Gasteiger partial charge in [-0.2, -0.15) is 0 Å². The quantitative estimate of drug-likeness (QED) is 0.735. The number of nitrogens with one attached hydrogen (secondary N) is 1. The molecule has 0 heterocycles. The topological polar surface area (TPSA) is 39.7 Å². The van der Waals surface area contributed by atoms with Crippen LogP contribution in [0.3, 0.4) is 0 Å². The monoisotopic (exact) mass is 267 g/mol. The minimum absolute atomic E-state index is 0.635. The first-order chi connectivity index (χ1) is 9.12. The van der Waals surface area contributed by atoms with E-state index in [4.69, 9.17) is 14.2 Å². The Morgan fingerprint density at radius 2 is 1.58 bits per heavy atom. The van der Waals surface area contributed by atoms with Crippen LogP contribution < -0.4 is 19.5 Å². The van der Waals surface area contributed by atoms with Crippen LogP contribution in [0.4, 0.5) is 0 Å². The summed E-state index contributed by atoms with van der Waals surface area (Å²) < 4.78 is 16.0. The van der Waals surface area contributed by atoms with Gasteiger partial charge < -0.3 is 19.5 Å². The van der Waals surface area contributed by atoms with E-state index < -0.39 is 0 Å². The van der Waals surface area contributed by atoms with E-state index in [-0.39, 0.29) is 0 Å². The fourth-order valence-electron chi connectivity index (χ4n) is 1.86. The molecule has 0 aliphatic carbocycles. The van der Waals surface area contributed by atoms with Gasteiger partial charge in [0.1, 0.15) is 0 Å². The predicted octanol–water partition coefficient (Wildman–Crippen LogP) is 2.85. The molecule has 0 aliphatic heterocycles. The molecule has 0 fully saturated rings. The van der Waals surface area contributed by atoms with Crippen LogP contribution in [-0.4, -0.2) is 27.9 Å². The third-order valence-corrected chi connectivity index (χ3v) is 2.95. The zero-order chi connectivity index (χ0) is 14.3. The summed E-state index contributed by atoms with van der Waals surface area (Å²) in [4.78, 5) is 0. The molecule has 0 atom stereocenters. The molecule has 0 spiro atoms. The molecule has 0 aromatic heterocycles. The largest absolute Gasteiger partial charge is 0.493 e. The maximum atomic E-state index is 5.33. The Labute approximate surface area is 116 Å². The van der Waals surface area contributed by atoms with E-state index in [0.717, 1.165) is 18.7 Å². The number of benzene rings is 1. The van der Waals surface area contributed by atoms with Crippen LogP contribution in [0.5, 0.6) is 17.2 Å². The maximum Gasteiger partial charge on any atom is 0.203 e. The molecule has 0 saturated heterocycles. The first-order valence-corrected chi connectivity index (χ1v) is 6.62. The van der Waals surface area contributed by atoms with Crippen LogP contribution >= 0.6 is 0 Å². The highest BCUT2D eigenvalue weighted by molar-refractivity contribution is 5.53. The Bertz CT molecular complexity index is 366. The zero-order valence-electron chi connectivity index (χ0n) is 12.6. The first-order valence-electron chi connectivity index (χ1n) is 6.62. The summed E-state index contributed by atoms with van der Waals surface area (Å²) in [7, 11) is 4.88.